The minimum atomic E-state index is -0.302. The number of unbranched alkanes of at least 4 members (excludes halogenated alkanes) is 7. The number of rotatable bonds is 10. The largest absolute Gasteiger partial charge is 0.348 e. The van der Waals surface area contributed by atoms with Gasteiger partial charge in [-0.05, 0) is 19.8 Å². The molecule has 0 atom stereocenters. The van der Waals surface area contributed by atoms with Gasteiger partial charge in [0.05, 0.1) is 13.2 Å². The molecule has 0 radical (unpaired) electrons. The van der Waals surface area contributed by atoms with Crippen LogP contribution in [0.2, 0.25) is 0 Å². The van der Waals surface area contributed by atoms with Gasteiger partial charge in [0, 0.05) is 12.8 Å². The molecule has 1 aliphatic heterocycles. The summed E-state index contributed by atoms with van der Waals surface area (Å²) in [6.07, 6.45) is 11.3. The Bertz CT molecular complexity index is 198. The van der Waals surface area contributed by atoms with Crippen molar-refractivity contribution in [2.24, 2.45) is 0 Å². The lowest BCUT2D eigenvalue weighted by atomic mass is 10.0. The van der Waals surface area contributed by atoms with E-state index in [1.807, 2.05) is 6.92 Å². The number of carbonyl (C=O) groups is 1. The van der Waals surface area contributed by atoms with Gasteiger partial charge in [-0.15, -0.1) is 0 Å². The monoisotopic (exact) mass is 242 g/mol. The van der Waals surface area contributed by atoms with E-state index < -0.39 is 0 Å². The van der Waals surface area contributed by atoms with Crippen molar-refractivity contribution < 1.29 is 14.3 Å². The maximum atomic E-state index is 10.1. The highest BCUT2D eigenvalue weighted by Crippen LogP contribution is 2.25. The van der Waals surface area contributed by atoms with Gasteiger partial charge in [-0.3, -0.25) is 0 Å². The standard InChI is InChI=1S/C14H26O3/c1-14(16-12-13-17-14)10-8-6-4-2-3-5-7-9-11-15/h11H,2-10,12-13H2,1H3. The molecule has 0 bridgehead atoms. The van der Waals surface area contributed by atoms with Gasteiger partial charge in [0.15, 0.2) is 5.79 Å². The predicted molar refractivity (Wildman–Crippen MR) is 67.9 cm³/mol. The van der Waals surface area contributed by atoms with E-state index in [1.165, 1.54) is 38.5 Å². The molecule has 3 heteroatoms. The molecular weight excluding hydrogens is 216 g/mol. The number of hydrogen-bond acceptors (Lipinski definition) is 3. The summed E-state index contributed by atoms with van der Waals surface area (Å²) >= 11 is 0. The fourth-order valence-electron chi connectivity index (χ4n) is 2.26. The van der Waals surface area contributed by atoms with E-state index in [1.54, 1.807) is 0 Å². The van der Waals surface area contributed by atoms with Crippen LogP contribution in [0.1, 0.15) is 64.7 Å². The summed E-state index contributed by atoms with van der Waals surface area (Å²) in [4.78, 5) is 10.1. The lowest BCUT2D eigenvalue weighted by Gasteiger charge is -2.21. The van der Waals surface area contributed by atoms with Crippen LogP contribution >= 0.6 is 0 Å². The van der Waals surface area contributed by atoms with E-state index in [-0.39, 0.29) is 5.79 Å². The van der Waals surface area contributed by atoms with Crippen molar-refractivity contribution in [1.82, 2.24) is 0 Å². The third kappa shape index (κ3) is 6.79. The maximum Gasteiger partial charge on any atom is 0.165 e. The van der Waals surface area contributed by atoms with Gasteiger partial charge < -0.3 is 14.3 Å². The van der Waals surface area contributed by atoms with Crippen LogP contribution in [0.15, 0.2) is 0 Å². The van der Waals surface area contributed by atoms with Crippen LogP contribution in [0.4, 0.5) is 0 Å². The Hall–Kier alpha value is -0.410. The van der Waals surface area contributed by atoms with Crippen LogP contribution in [0.3, 0.4) is 0 Å². The van der Waals surface area contributed by atoms with Crippen molar-refractivity contribution in [3.8, 4) is 0 Å². The molecule has 0 N–H and O–H groups in total. The van der Waals surface area contributed by atoms with Gasteiger partial charge >= 0.3 is 0 Å². The highest BCUT2D eigenvalue weighted by Gasteiger charge is 2.29. The van der Waals surface area contributed by atoms with Gasteiger partial charge in [-0.2, -0.15) is 0 Å². The molecule has 0 aliphatic carbocycles. The van der Waals surface area contributed by atoms with Gasteiger partial charge in [0.25, 0.3) is 0 Å². The van der Waals surface area contributed by atoms with Gasteiger partial charge in [-0.1, -0.05) is 32.1 Å². The topological polar surface area (TPSA) is 35.5 Å². The Labute approximate surface area is 105 Å². The van der Waals surface area contributed by atoms with E-state index in [0.717, 1.165) is 38.8 Å². The molecule has 1 aliphatic rings. The molecule has 3 nitrogen and oxygen atoms in total. The van der Waals surface area contributed by atoms with Crippen molar-refractivity contribution >= 4 is 6.29 Å². The first-order valence-corrected chi connectivity index (χ1v) is 6.98. The van der Waals surface area contributed by atoms with Crippen molar-refractivity contribution in [1.29, 1.82) is 0 Å². The second-order valence-electron chi connectivity index (χ2n) is 5.01. The summed E-state index contributed by atoms with van der Waals surface area (Å²) in [6, 6.07) is 0. The molecule has 1 heterocycles. The Morgan fingerprint density at radius 2 is 1.47 bits per heavy atom. The number of hydrogen-bond donors (Lipinski definition) is 0. The lowest BCUT2D eigenvalue weighted by Crippen LogP contribution is -2.24. The summed E-state index contributed by atoms with van der Waals surface area (Å²) in [6.45, 7) is 3.53. The third-order valence-corrected chi connectivity index (χ3v) is 3.35. The van der Waals surface area contributed by atoms with Crippen molar-refractivity contribution in [3.63, 3.8) is 0 Å². The summed E-state index contributed by atoms with van der Waals surface area (Å²) in [5.41, 5.74) is 0. The first-order chi connectivity index (χ1) is 8.27. The first-order valence-electron chi connectivity index (χ1n) is 6.98. The minimum Gasteiger partial charge on any atom is -0.348 e. The van der Waals surface area contributed by atoms with E-state index in [0.29, 0.717) is 0 Å². The minimum absolute atomic E-state index is 0.302. The molecule has 0 aromatic carbocycles. The zero-order valence-corrected chi connectivity index (χ0v) is 11.1. The predicted octanol–water partition coefficient (Wildman–Crippen LogP) is 3.46. The number of carbonyl (C=O) groups excluding carboxylic acids is 1. The maximum absolute atomic E-state index is 10.1. The summed E-state index contributed by atoms with van der Waals surface area (Å²) in [5, 5.41) is 0. The van der Waals surface area contributed by atoms with E-state index in [9.17, 15) is 4.79 Å². The highest BCUT2D eigenvalue weighted by molar-refractivity contribution is 5.48. The summed E-state index contributed by atoms with van der Waals surface area (Å²) in [7, 11) is 0. The van der Waals surface area contributed by atoms with E-state index in [4.69, 9.17) is 9.47 Å². The second kappa shape index (κ2) is 8.65. The molecule has 1 rings (SSSR count). The number of aldehydes is 1. The fourth-order valence-corrected chi connectivity index (χ4v) is 2.26. The highest BCUT2D eigenvalue weighted by atomic mass is 16.7. The molecule has 0 spiro atoms. The summed E-state index contributed by atoms with van der Waals surface area (Å²) < 4.78 is 11.1. The SMILES string of the molecule is CC1(CCCCCCCCCC=O)OCCO1. The Kier molecular flexibility index (Phi) is 7.45. The lowest BCUT2D eigenvalue weighted by molar-refractivity contribution is -0.147. The Balaban J connectivity index is 1.82. The fraction of sp³-hybridized carbons (Fsp3) is 0.929. The summed E-state index contributed by atoms with van der Waals surface area (Å²) in [5.74, 6) is -0.302. The van der Waals surface area contributed by atoms with Gasteiger partial charge in [-0.25, -0.2) is 0 Å². The Morgan fingerprint density at radius 3 is 2.06 bits per heavy atom. The third-order valence-electron chi connectivity index (χ3n) is 3.35. The van der Waals surface area contributed by atoms with E-state index >= 15 is 0 Å². The molecule has 0 aromatic heterocycles. The molecule has 0 aromatic rings. The quantitative estimate of drug-likeness (QED) is 0.435. The average molecular weight is 242 g/mol. The van der Waals surface area contributed by atoms with Crippen molar-refractivity contribution in [3.05, 3.63) is 0 Å². The number of ether oxygens (including phenoxy) is 2. The van der Waals surface area contributed by atoms with Crippen LogP contribution in [0, 0.1) is 0 Å². The molecule has 0 amide bonds. The van der Waals surface area contributed by atoms with Crippen LogP contribution in [-0.2, 0) is 14.3 Å². The molecule has 1 fully saturated rings. The average Bonchev–Trinajstić information content (AvgIpc) is 2.74. The van der Waals surface area contributed by atoms with Crippen LogP contribution in [0.25, 0.3) is 0 Å². The van der Waals surface area contributed by atoms with E-state index in [2.05, 4.69) is 0 Å². The second-order valence-corrected chi connectivity index (χ2v) is 5.01. The smallest absolute Gasteiger partial charge is 0.165 e. The van der Waals surface area contributed by atoms with Gasteiger partial charge in [0.1, 0.15) is 6.29 Å². The molecule has 17 heavy (non-hydrogen) atoms. The Morgan fingerprint density at radius 1 is 0.941 bits per heavy atom. The van der Waals surface area contributed by atoms with Crippen molar-refractivity contribution in [2.75, 3.05) is 13.2 Å². The van der Waals surface area contributed by atoms with Crippen LogP contribution in [0.5, 0.6) is 0 Å². The molecule has 0 saturated carbocycles. The molecular formula is C14H26O3. The van der Waals surface area contributed by atoms with Crippen LogP contribution in [-0.4, -0.2) is 25.3 Å². The molecule has 100 valence electrons. The molecule has 1 saturated heterocycles. The molecule has 0 unspecified atom stereocenters. The zero-order valence-electron chi connectivity index (χ0n) is 11.1. The van der Waals surface area contributed by atoms with Crippen molar-refractivity contribution in [2.45, 2.75) is 70.5 Å². The van der Waals surface area contributed by atoms with Gasteiger partial charge in [0.2, 0.25) is 0 Å². The first kappa shape index (κ1) is 14.7. The zero-order chi connectivity index (χ0) is 12.4. The normalized spacial score (nSPS) is 18.4. The van der Waals surface area contributed by atoms with Crippen LogP contribution < -0.4 is 0 Å².